The van der Waals surface area contributed by atoms with Crippen LogP contribution in [-0.2, 0) is 13.1 Å². The Hall–Kier alpha value is -3.32. The Labute approximate surface area is 212 Å². The van der Waals surface area contributed by atoms with Crippen LogP contribution < -0.4 is 5.56 Å². The van der Waals surface area contributed by atoms with E-state index in [1.54, 1.807) is 0 Å². The number of hydrogen-bond donors (Lipinski definition) is 1. The third-order valence-corrected chi connectivity index (χ3v) is 7.45. The summed E-state index contributed by atoms with van der Waals surface area (Å²) in [6.07, 6.45) is 4.67. The summed E-state index contributed by atoms with van der Waals surface area (Å²) in [5, 5.41) is 14.2. The van der Waals surface area contributed by atoms with Crippen molar-refractivity contribution in [2.75, 3.05) is 0 Å². The molecular weight excluding hydrogens is 448 g/mol. The number of pyridine rings is 1. The van der Waals surface area contributed by atoms with Crippen LogP contribution in [0.3, 0.4) is 0 Å². The molecule has 0 spiro atoms. The highest BCUT2D eigenvalue weighted by Crippen LogP contribution is 2.35. The molecule has 4 aromatic rings. The third kappa shape index (κ3) is 4.98. The predicted molar refractivity (Wildman–Crippen MR) is 143 cm³/mol. The van der Waals surface area contributed by atoms with Gasteiger partial charge in [0.25, 0.3) is 5.56 Å². The van der Waals surface area contributed by atoms with Gasteiger partial charge in [0.05, 0.1) is 17.6 Å². The van der Waals surface area contributed by atoms with Gasteiger partial charge in [-0.25, -0.2) is 4.68 Å². The number of aromatic amines is 1. The van der Waals surface area contributed by atoms with Gasteiger partial charge in [-0.15, -0.1) is 5.10 Å². The molecule has 1 saturated carbocycles. The lowest BCUT2D eigenvalue weighted by Gasteiger charge is -2.34. The summed E-state index contributed by atoms with van der Waals surface area (Å²) in [5.74, 6) is 1.15. The standard InChI is InChI=1S/C29H36N6O/c1-19(2)27(28-31-32-33-35(28)25-12-8-9-13-25)34(17-22-10-6-5-7-11-22)18-24-16-23-15-20(3)14-21(4)26(23)30-29(24)36/h5-7,10-11,14-16,19,25,27H,8-9,12-13,17-18H2,1-4H3,(H,30,36)/t27-/m1/s1. The Balaban J connectivity index is 1.57. The average molecular weight is 485 g/mol. The number of hydrogen-bond acceptors (Lipinski definition) is 5. The lowest BCUT2D eigenvalue weighted by molar-refractivity contribution is 0.123. The fourth-order valence-electron chi connectivity index (χ4n) is 5.83. The first-order chi connectivity index (χ1) is 17.4. The Bertz CT molecular complexity index is 1380. The monoisotopic (exact) mass is 484 g/mol. The van der Waals surface area contributed by atoms with Gasteiger partial charge in [0.1, 0.15) is 0 Å². The van der Waals surface area contributed by atoms with E-state index in [1.807, 2.05) is 13.0 Å². The van der Waals surface area contributed by atoms with Gasteiger partial charge >= 0.3 is 0 Å². The van der Waals surface area contributed by atoms with Crippen molar-refractivity contribution >= 4 is 10.9 Å². The zero-order valence-corrected chi connectivity index (χ0v) is 21.7. The maximum absolute atomic E-state index is 13.3. The number of nitrogens with one attached hydrogen (secondary N) is 1. The molecule has 0 aliphatic heterocycles. The van der Waals surface area contributed by atoms with Crippen LogP contribution in [0.4, 0.5) is 0 Å². The van der Waals surface area contributed by atoms with Crippen LogP contribution in [0.15, 0.2) is 53.3 Å². The molecule has 5 rings (SSSR count). The van der Waals surface area contributed by atoms with Crippen LogP contribution in [0.25, 0.3) is 10.9 Å². The number of aryl methyl sites for hydroxylation is 2. The fraction of sp³-hybridized carbons (Fsp3) is 0.448. The van der Waals surface area contributed by atoms with Crippen LogP contribution in [0.1, 0.15) is 79.7 Å². The van der Waals surface area contributed by atoms with E-state index in [2.05, 4.69) is 93.3 Å². The van der Waals surface area contributed by atoms with E-state index >= 15 is 0 Å². The maximum atomic E-state index is 13.3. The zero-order chi connectivity index (χ0) is 25.2. The molecule has 1 fully saturated rings. The quantitative estimate of drug-likeness (QED) is 0.350. The zero-order valence-electron chi connectivity index (χ0n) is 21.7. The van der Waals surface area contributed by atoms with Gasteiger partial charge in [0.15, 0.2) is 5.82 Å². The highest BCUT2D eigenvalue weighted by Gasteiger charge is 2.32. The van der Waals surface area contributed by atoms with E-state index < -0.39 is 0 Å². The molecule has 0 unspecified atom stereocenters. The molecule has 188 valence electrons. The number of benzene rings is 2. The molecule has 2 heterocycles. The minimum absolute atomic E-state index is 0.0323. The first kappa shape index (κ1) is 24.4. The van der Waals surface area contributed by atoms with Gasteiger partial charge < -0.3 is 4.98 Å². The van der Waals surface area contributed by atoms with Crippen molar-refractivity contribution in [1.29, 1.82) is 0 Å². The topological polar surface area (TPSA) is 79.7 Å². The van der Waals surface area contributed by atoms with E-state index in [0.29, 0.717) is 19.1 Å². The van der Waals surface area contributed by atoms with Gasteiger partial charge in [-0.05, 0) is 71.7 Å². The molecule has 1 N–H and O–H groups in total. The molecule has 1 atom stereocenters. The SMILES string of the molecule is Cc1cc(C)c2[nH]c(=O)c(CN(Cc3ccccc3)[C@@H](c3nnnn3C3CCCC3)C(C)C)cc2c1. The molecule has 1 aliphatic rings. The predicted octanol–water partition coefficient (Wildman–Crippen LogP) is 5.65. The lowest BCUT2D eigenvalue weighted by atomic mass is 9.98. The molecule has 0 bridgehead atoms. The van der Waals surface area contributed by atoms with Crippen LogP contribution in [0.2, 0.25) is 0 Å². The number of nitrogens with zero attached hydrogens (tertiary/aromatic N) is 5. The Kier molecular flexibility index (Phi) is 7.01. The average Bonchev–Trinajstić information content (AvgIpc) is 3.53. The molecule has 7 heteroatoms. The number of fused-ring (bicyclic) bond motifs is 1. The summed E-state index contributed by atoms with van der Waals surface area (Å²) in [7, 11) is 0. The third-order valence-electron chi connectivity index (χ3n) is 7.45. The van der Waals surface area contributed by atoms with Crippen molar-refractivity contribution in [1.82, 2.24) is 30.1 Å². The van der Waals surface area contributed by atoms with Crippen molar-refractivity contribution in [3.63, 3.8) is 0 Å². The maximum Gasteiger partial charge on any atom is 0.252 e. The smallest absolute Gasteiger partial charge is 0.252 e. The van der Waals surface area contributed by atoms with E-state index in [1.165, 1.54) is 24.0 Å². The fourth-order valence-corrected chi connectivity index (χ4v) is 5.83. The van der Waals surface area contributed by atoms with Crippen molar-refractivity contribution < 1.29 is 0 Å². The number of rotatable bonds is 8. The highest BCUT2D eigenvalue weighted by molar-refractivity contribution is 5.82. The van der Waals surface area contributed by atoms with E-state index in [0.717, 1.165) is 40.7 Å². The van der Waals surface area contributed by atoms with Crippen LogP contribution in [0, 0.1) is 19.8 Å². The van der Waals surface area contributed by atoms with Crippen LogP contribution in [-0.4, -0.2) is 30.1 Å². The molecule has 0 amide bonds. The summed E-state index contributed by atoms with van der Waals surface area (Å²) in [6, 6.07) is 17.1. The molecule has 0 saturated heterocycles. The molecular formula is C29H36N6O. The van der Waals surface area contributed by atoms with Crippen molar-refractivity contribution in [2.45, 2.75) is 78.6 Å². The molecule has 36 heavy (non-hydrogen) atoms. The van der Waals surface area contributed by atoms with Gasteiger partial charge in [-0.3, -0.25) is 9.69 Å². The normalized spacial score (nSPS) is 15.4. The second-order valence-corrected chi connectivity index (χ2v) is 10.7. The Morgan fingerprint density at radius 1 is 1.06 bits per heavy atom. The largest absolute Gasteiger partial charge is 0.321 e. The summed E-state index contributed by atoms with van der Waals surface area (Å²) in [6.45, 7) is 9.78. The summed E-state index contributed by atoms with van der Waals surface area (Å²) in [5.41, 5.74) is 5.11. The van der Waals surface area contributed by atoms with Crippen molar-refractivity contribution in [2.24, 2.45) is 5.92 Å². The van der Waals surface area contributed by atoms with Gasteiger partial charge in [0.2, 0.25) is 0 Å². The van der Waals surface area contributed by atoms with E-state index in [-0.39, 0.29) is 17.5 Å². The van der Waals surface area contributed by atoms with Crippen molar-refractivity contribution in [3.05, 3.63) is 87.0 Å². The van der Waals surface area contributed by atoms with Crippen LogP contribution >= 0.6 is 0 Å². The first-order valence-corrected chi connectivity index (χ1v) is 13.1. The van der Waals surface area contributed by atoms with E-state index in [9.17, 15) is 4.79 Å². The minimum Gasteiger partial charge on any atom is -0.321 e. The summed E-state index contributed by atoms with van der Waals surface area (Å²) >= 11 is 0. The summed E-state index contributed by atoms with van der Waals surface area (Å²) < 4.78 is 2.06. The Morgan fingerprint density at radius 2 is 1.81 bits per heavy atom. The second-order valence-electron chi connectivity index (χ2n) is 10.7. The number of tetrazole rings is 1. The van der Waals surface area contributed by atoms with Gasteiger partial charge in [-0.2, -0.15) is 0 Å². The Morgan fingerprint density at radius 3 is 2.53 bits per heavy atom. The number of H-pyrrole nitrogens is 1. The molecule has 7 nitrogen and oxygen atoms in total. The molecule has 2 aromatic carbocycles. The van der Waals surface area contributed by atoms with Crippen molar-refractivity contribution in [3.8, 4) is 0 Å². The van der Waals surface area contributed by atoms with Gasteiger partial charge in [0, 0.05) is 18.7 Å². The molecule has 1 aliphatic carbocycles. The lowest BCUT2D eigenvalue weighted by Crippen LogP contribution is -2.35. The second kappa shape index (κ2) is 10.3. The highest BCUT2D eigenvalue weighted by atomic mass is 16.1. The first-order valence-electron chi connectivity index (χ1n) is 13.1. The van der Waals surface area contributed by atoms with E-state index in [4.69, 9.17) is 0 Å². The summed E-state index contributed by atoms with van der Waals surface area (Å²) in [4.78, 5) is 18.8. The minimum atomic E-state index is -0.0367. The number of aromatic nitrogens is 5. The van der Waals surface area contributed by atoms with Gasteiger partial charge in [-0.1, -0.05) is 68.7 Å². The molecule has 2 aromatic heterocycles. The van der Waals surface area contributed by atoms with Crippen LogP contribution in [0.5, 0.6) is 0 Å². The molecule has 0 radical (unpaired) electrons.